The molecular weight excluding hydrogens is 242 g/mol. The highest BCUT2D eigenvalue weighted by Gasteiger charge is 2.12. The minimum absolute atomic E-state index is 0.191. The summed E-state index contributed by atoms with van der Waals surface area (Å²) in [7, 11) is 0. The molecule has 0 aliphatic rings. The lowest BCUT2D eigenvalue weighted by molar-refractivity contribution is 0.475. The molecule has 0 aliphatic carbocycles. The van der Waals surface area contributed by atoms with Crippen molar-refractivity contribution in [3.8, 4) is 22.7 Å². The van der Waals surface area contributed by atoms with E-state index in [1.54, 1.807) is 36.7 Å². The van der Waals surface area contributed by atoms with Gasteiger partial charge in [-0.05, 0) is 36.4 Å². The molecule has 3 aromatic rings. The van der Waals surface area contributed by atoms with Gasteiger partial charge in [0.2, 0.25) is 0 Å². The number of phenolic OH excluding ortho intramolecular Hbond substituents is 1. The Labute approximate surface area is 109 Å². The average molecular weight is 253 g/mol. The normalized spacial score (nSPS) is 10.5. The summed E-state index contributed by atoms with van der Waals surface area (Å²) in [6.07, 6.45) is 3.35. The molecular formula is C13H11N5O. The molecule has 1 aromatic carbocycles. The number of anilines is 1. The maximum atomic E-state index is 9.27. The highest BCUT2D eigenvalue weighted by molar-refractivity contribution is 5.70. The van der Waals surface area contributed by atoms with Crippen molar-refractivity contribution in [2.24, 2.45) is 0 Å². The van der Waals surface area contributed by atoms with Crippen LogP contribution in [0.4, 0.5) is 5.82 Å². The van der Waals surface area contributed by atoms with Crippen LogP contribution in [-0.4, -0.2) is 25.1 Å². The number of hydrogen-bond donors (Lipinski definition) is 2. The zero-order chi connectivity index (χ0) is 13.2. The average Bonchev–Trinajstić information content (AvgIpc) is 2.83. The molecule has 0 saturated carbocycles. The Bertz CT molecular complexity index is 691. The van der Waals surface area contributed by atoms with Crippen LogP contribution in [0.3, 0.4) is 0 Å². The second-order valence-electron chi connectivity index (χ2n) is 3.99. The third kappa shape index (κ3) is 1.99. The largest absolute Gasteiger partial charge is 0.508 e. The van der Waals surface area contributed by atoms with Crippen LogP contribution in [0.5, 0.6) is 5.75 Å². The molecule has 0 saturated heterocycles. The van der Waals surface area contributed by atoms with Crippen molar-refractivity contribution in [3.63, 3.8) is 0 Å². The van der Waals surface area contributed by atoms with Crippen molar-refractivity contribution in [2.75, 3.05) is 5.73 Å². The molecule has 3 rings (SSSR count). The summed E-state index contributed by atoms with van der Waals surface area (Å²) in [5, 5.41) is 17.4. The van der Waals surface area contributed by atoms with Gasteiger partial charge in [0.25, 0.3) is 0 Å². The summed E-state index contributed by atoms with van der Waals surface area (Å²) in [6, 6.07) is 10.2. The summed E-state index contributed by atoms with van der Waals surface area (Å²) in [5.74, 6) is 0.633. The fourth-order valence-electron chi connectivity index (χ4n) is 1.79. The topological polar surface area (TPSA) is 89.9 Å². The first kappa shape index (κ1) is 11.2. The highest BCUT2D eigenvalue weighted by Crippen LogP contribution is 2.25. The second kappa shape index (κ2) is 4.41. The SMILES string of the molecule is Nc1c(-c2ccncc2)nnn1-c1ccc(O)cc1. The number of nitrogen functional groups attached to an aromatic ring is 1. The molecule has 0 atom stereocenters. The molecule has 0 spiro atoms. The van der Waals surface area contributed by atoms with Crippen molar-refractivity contribution in [1.29, 1.82) is 0 Å². The van der Waals surface area contributed by atoms with Gasteiger partial charge in [0, 0.05) is 18.0 Å². The first-order valence-electron chi connectivity index (χ1n) is 5.66. The number of rotatable bonds is 2. The van der Waals surface area contributed by atoms with Gasteiger partial charge in [-0.2, -0.15) is 4.68 Å². The number of nitrogens with zero attached hydrogens (tertiary/aromatic N) is 4. The first-order valence-corrected chi connectivity index (χ1v) is 5.66. The molecule has 2 heterocycles. The Hall–Kier alpha value is -2.89. The molecule has 0 bridgehead atoms. The first-order chi connectivity index (χ1) is 9.25. The van der Waals surface area contributed by atoms with Crippen molar-refractivity contribution >= 4 is 5.82 Å². The summed E-state index contributed by atoms with van der Waals surface area (Å²) in [5.41, 5.74) is 8.27. The second-order valence-corrected chi connectivity index (χ2v) is 3.99. The van der Waals surface area contributed by atoms with Crippen LogP contribution in [-0.2, 0) is 0 Å². The molecule has 3 N–H and O–H groups in total. The van der Waals surface area contributed by atoms with Crippen molar-refractivity contribution in [2.45, 2.75) is 0 Å². The smallest absolute Gasteiger partial charge is 0.155 e. The van der Waals surface area contributed by atoms with Gasteiger partial charge < -0.3 is 10.8 Å². The van der Waals surface area contributed by atoms with Crippen LogP contribution in [0.15, 0.2) is 48.8 Å². The summed E-state index contributed by atoms with van der Waals surface area (Å²) >= 11 is 0. The zero-order valence-corrected chi connectivity index (χ0v) is 9.93. The monoisotopic (exact) mass is 253 g/mol. The molecule has 19 heavy (non-hydrogen) atoms. The molecule has 0 unspecified atom stereocenters. The number of hydrogen-bond acceptors (Lipinski definition) is 5. The lowest BCUT2D eigenvalue weighted by Crippen LogP contribution is -2.02. The fraction of sp³-hybridized carbons (Fsp3) is 0. The minimum atomic E-state index is 0.191. The van der Waals surface area contributed by atoms with E-state index in [1.165, 1.54) is 4.68 Å². The highest BCUT2D eigenvalue weighted by atomic mass is 16.3. The summed E-state index contributed by atoms with van der Waals surface area (Å²) in [4.78, 5) is 3.95. The number of aromatic nitrogens is 4. The van der Waals surface area contributed by atoms with E-state index >= 15 is 0 Å². The predicted molar refractivity (Wildman–Crippen MR) is 70.7 cm³/mol. The third-order valence-electron chi connectivity index (χ3n) is 2.75. The van der Waals surface area contributed by atoms with E-state index in [1.807, 2.05) is 12.1 Å². The van der Waals surface area contributed by atoms with E-state index in [0.29, 0.717) is 11.5 Å². The van der Waals surface area contributed by atoms with Gasteiger partial charge >= 0.3 is 0 Å². The van der Waals surface area contributed by atoms with Crippen LogP contribution < -0.4 is 5.73 Å². The number of pyridine rings is 1. The van der Waals surface area contributed by atoms with Gasteiger partial charge in [-0.25, -0.2) is 0 Å². The van der Waals surface area contributed by atoms with E-state index in [9.17, 15) is 5.11 Å². The van der Waals surface area contributed by atoms with E-state index in [4.69, 9.17) is 5.73 Å². The van der Waals surface area contributed by atoms with Gasteiger partial charge in [0.1, 0.15) is 11.4 Å². The molecule has 0 aliphatic heterocycles. The Balaban J connectivity index is 2.06. The number of benzene rings is 1. The fourth-order valence-corrected chi connectivity index (χ4v) is 1.79. The van der Waals surface area contributed by atoms with Gasteiger partial charge in [0.15, 0.2) is 5.82 Å². The molecule has 6 nitrogen and oxygen atoms in total. The van der Waals surface area contributed by atoms with Crippen molar-refractivity contribution < 1.29 is 5.11 Å². The molecule has 94 valence electrons. The van der Waals surface area contributed by atoms with E-state index in [-0.39, 0.29) is 5.75 Å². The number of aromatic hydroxyl groups is 1. The molecule has 0 radical (unpaired) electrons. The zero-order valence-electron chi connectivity index (χ0n) is 9.93. The van der Waals surface area contributed by atoms with Gasteiger partial charge in [-0.15, -0.1) is 5.10 Å². The Kier molecular flexibility index (Phi) is 2.60. The number of phenols is 1. The lowest BCUT2D eigenvalue weighted by atomic mass is 10.2. The molecule has 0 fully saturated rings. The van der Waals surface area contributed by atoms with Crippen molar-refractivity contribution in [3.05, 3.63) is 48.8 Å². The standard InChI is InChI=1S/C13H11N5O/c14-13-12(9-5-7-15-8-6-9)16-17-18(13)10-1-3-11(19)4-2-10/h1-8,19H,14H2. The lowest BCUT2D eigenvalue weighted by Gasteiger charge is -2.03. The maximum Gasteiger partial charge on any atom is 0.155 e. The predicted octanol–water partition coefficient (Wildman–Crippen LogP) is 1.62. The van der Waals surface area contributed by atoms with E-state index < -0.39 is 0 Å². The van der Waals surface area contributed by atoms with Gasteiger partial charge in [0.05, 0.1) is 5.69 Å². The molecule has 6 heteroatoms. The number of nitrogens with two attached hydrogens (primary N) is 1. The van der Waals surface area contributed by atoms with E-state index in [0.717, 1.165) is 11.3 Å². The van der Waals surface area contributed by atoms with Gasteiger partial charge in [-0.1, -0.05) is 5.21 Å². The Morgan fingerprint density at radius 2 is 1.68 bits per heavy atom. The third-order valence-corrected chi connectivity index (χ3v) is 2.75. The van der Waals surface area contributed by atoms with Crippen LogP contribution in [0.25, 0.3) is 16.9 Å². The quantitative estimate of drug-likeness (QED) is 0.724. The summed E-state index contributed by atoms with van der Waals surface area (Å²) in [6.45, 7) is 0. The van der Waals surface area contributed by atoms with Crippen molar-refractivity contribution in [1.82, 2.24) is 20.0 Å². The maximum absolute atomic E-state index is 9.27. The van der Waals surface area contributed by atoms with E-state index in [2.05, 4.69) is 15.3 Å². The minimum Gasteiger partial charge on any atom is -0.508 e. The summed E-state index contributed by atoms with van der Waals surface area (Å²) < 4.78 is 1.52. The Morgan fingerprint density at radius 3 is 2.37 bits per heavy atom. The van der Waals surface area contributed by atoms with Crippen LogP contribution in [0.1, 0.15) is 0 Å². The molecule has 2 aromatic heterocycles. The Morgan fingerprint density at radius 1 is 1.00 bits per heavy atom. The van der Waals surface area contributed by atoms with Crippen LogP contribution >= 0.6 is 0 Å². The van der Waals surface area contributed by atoms with Gasteiger partial charge in [-0.3, -0.25) is 4.98 Å². The van der Waals surface area contributed by atoms with Crippen LogP contribution in [0, 0.1) is 0 Å². The molecule has 0 amide bonds. The van der Waals surface area contributed by atoms with Crippen LogP contribution in [0.2, 0.25) is 0 Å².